The number of piperidine rings is 1. The Balaban J connectivity index is 1.90. The van der Waals surface area contributed by atoms with Crippen LogP contribution < -0.4 is 5.32 Å². The van der Waals surface area contributed by atoms with Gasteiger partial charge in [0.05, 0.1) is 11.7 Å². The Morgan fingerprint density at radius 3 is 2.70 bits per heavy atom. The van der Waals surface area contributed by atoms with Crippen molar-refractivity contribution < 1.29 is 13.2 Å². The van der Waals surface area contributed by atoms with Gasteiger partial charge in [0.25, 0.3) is 0 Å². The SMILES string of the molecule is CCCS(=O)(=O)N1CCC[C@@H](C(=O)NCc2ccc(Cl)cc2)C1. The molecule has 23 heavy (non-hydrogen) atoms. The Morgan fingerprint density at radius 1 is 1.35 bits per heavy atom. The van der Waals surface area contributed by atoms with Crippen LogP contribution >= 0.6 is 11.6 Å². The Hall–Kier alpha value is -1.11. The highest BCUT2D eigenvalue weighted by Crippen LogP contribution is 2.20. The molecule has 1 aliphatic heterocycles. The molecule has 1 aromatic carbocycles. The van der Waals surface area contributed by atoms with Gasteiger partial charge in [-0.2, -0.15) is 0 Å². The molecule has 0 bridgehead atoms. The van der Waals surface area contributed by atoms with Gasteiger partial charge in [-0.25, -0.2) is 12.7 Å². The van der Waals surface area contributed by atoms with Crippen molar-refractivity contribution in [1.82, 2.24) is 9.62 Å². The first-order valence-electron chi connectivity index (χ1n) is 7.92. The van der Waals surface area contributed by atoms with Crippen molar-refractivity contribution in [3.8, 4) is 0 Å². The van der Waals surface area contributed by atoms with E-state index in [4.69, 9.17) is 11.6 Å². The zero-order chi connectivity index (χ0) is 16.9. The fourth-order valence-corrected chi connectivity index (χ4v) is 4.45. The maximum Gasteiger partial charge on any atom is 0.224 e. The van der Waals surface area contributed by atoms with Crippen LogP contribution in [0.25, 0.3) is 0 Å². The average Bonchev–Trinajstić information content (AvgIpc) is 2.54. The van der Waals surface area contributed by atoms with Gasteiger partial charge in [-0.1, -0.05) is 30.7 Å². The summed E-state index contributed by atoms with van der Waals surface area (Å²) in [6.45, 7) is 3.07. The molecule has 2 rings (SSSR count). The predicted molar refractivity (Wildman–Crippen MR) is 91.7 cm³/mol. The summed E-state index contributed by atoms with van der Waals surface area (Å²) in [4.78, 5) is 12.3. The first-order valence-corrected chi connectivity index (χ1v) is 9.91. The molecule has 128 valence electrons. The zero-order valence-corrected chi connectivity index (χ0v) is 14.9. The third-order valence-corrected chi connectivity index (χ3v) is 6.28. The molecule has 0 saturated carbocycles. The quantitative estimate of drug-likeness (QED) is 0.849. The number of nitrogens with one attached hydrogen (secondary N) is 1. The van der Waals surface area contributed by atoms with E-state index in [0.717, 1.165) is 18.4 Å². The first-order chi connectivity index (χ1) is 10.9. The lowest BCUT2D eigenvalue weighted by molar-refractivity contribution is -0.126. The van der Waals surface area contributed by atoms with Crippen LogP contribution in [0.4, 0.5) is 0 Å². The Labute approximate surface area is 143 Å². The predicted octanol–water partition coefficient (Wildman–Crippen LogP) is 2.41. The molecule has 0 radical (unpaired) electrons. The van der Waals surface area contributed by atoms with E-state index in [1.54, 1.807) is 12.1 Å². The number of benzene rings is 1. The van der Waals surface area contributed by atoms with Gasteiger partial charge >= 0.3 is 0 Å². The van der Waals surface area contributed by atoms with Crippen LogP contribution in [-0.4, -0.2) is 37.5 Å². The third-order valence-electron chi connectivity index (χ3n) is 3.99. The lowest BCUT2D eigenvalue weighted by Crippen LogP contribution is -2.45. The minimum atomic E-state index is -3.23. The van der Waals surface area contributed by atoms with E-state index in [2.05, 4.69) is 5.32 Å². The molecule has 1 N–H and O–H groups in total. The van der Waals surface area contributed by atoms with Gasteiger partial charge in [0.15, 0.2) is 0 Å². The fraction of sp³-hybridized carbons (Fsp3) is 0.562. The maximum absolute atomic E-state index is 12.3. The number of halogens is 1. The van der Waals surface area contributed by atoms with Crippen molar-refractivity contribution >= 4 is 27.5 Å². The highest BCUT2D eigenvalue weighted by atomic mass is 35.5. The number of sulfonamides is 1. The zero-order valence-electron chi connectivity index (χ0n) is 13.3. The normalized spacial score (nSPS) is 19.5. The molecule has 0 aliphatic carbocycles. The van der Waals surface area contributed by atoms with Gasteiger partial charge in [0.1, 0.15) is 0 Å². The van der Waals surface area contributed by atoms with Crippen LogP contribution in [0.3, 0.4) is 0 Å². The summed E-state index contributed by atoms with van der Waals surface area (Å²) in [5.74, 6) is -0.217. The molecule has 1 aliphatic rings. The molecule has 1 atom stereocenters. The lowest BCUT2D eigenvalue weighted by atomic mass is 9.99. The summed E-state index contributed by atoms with van der Waals surface area (Å²) in [6.07, 6.45) is 2.04. The minimum absolute atomic E-state index is 0.0867. The summed E-state index contributed by atoms with van der Waals surface area (Å²) >= 11 is 5.83. The van der Waals surface area contributed by atoms with Crippen LogP contribution in [0, 0.1) is 5.92 Å². The summed E-state index contributed by atoms with van der Waals surface area (Å²) in [5, 5.41) is 3.55. The number of nitrogens with zero attached hydrogens (tertiary/aromatic N) is 1. The monoisotopic (exact) mass is 358 g/mol. The smallest absolute Gasteiger partial charge is 0.224 e. The topological polar surface area (TPSA) is 66.5 Å². The molecule has 0 spiro atoms. The van der Waals surface area contributed by atoms with E-state index in [0.29, 0.717) is 24.5 Å². The molecule has 5 nitrogen and oxygen atoms in total. The van der Waals surface area contributed by atoms with E-state index >= 15 is 0 Å². The Morgan fingerprint density at radius 2 is 2.04 bits per heavy atom. The standard InChI is InChI=1S/C16H23ClN2O3S/c1-2-10-23(21,22)19-9-3-4-14(12-19)16(20)18-11-13-5-7-15(17)8-6-13/h5-8,14H,2-4,9-12H2,1H3,(H,18,20)/t14-/m1/s1. The molecule has 0 unspecified atom stereocenters. The van der Waals surface area contributed by atoms with Gasteiger partial charge in [0.2, 0.25) is 15.9 Å². The van der Waals surface area contributed by atoms with Gasteiger partial charge in [-0.3, -0.25) is 4.79 Å². The summed E-state index contributed by atoms with van der Waals surface area (Å²) < 4.78 is 25.8. The van der Waals surface area contributed by atoms with Gasteiger partial charge in [-0.15, -0.1) is 0 Å². The molecule has 1 amide bonds. The highest BCUT2D eigenvalue weighted by molar-refractivity contribution is 7.89. The van der Waals surface area contributed by atoms with Gasteiger partial charge in [-0.05, 0) is 37.0 Å². The second kappa shape index (κ2) is 8.13. The third kappa shape index (κ3) is 5.19. The lowest BCUT2D eigenvalue weighted by Gasteiger charge is -2.31. The maximum atomic E-state index is 12.3. The van der Waals surface area contributed by atoms with E-state index in [-0.39, 0.29) is 24.1 Å². The fourth-order valence-electron chi connectivity index (χ4n) is 2.73. The number of carbonyl (C=O) groups excluding carboxylic acids is 1. The number of hydrogen-bond acceptors (Lipinski definition) is 3. The van der Waals surface area contributed by atoms with E-state index < -0.39 is 10.0 Å². The second-order valence-corrected chi connectivity index (χ2v) is 8.38. The van der Waals surface area contributed by atoms with E-state index in [9.17, 15) is 13.2 Å². The largest absolute Gasteiger partial charge is 0.352 e. The van der Waals surface area contributed by atoms with Crippen molar-refractivity contribution in [3.05, 3.63) is 34.9 Å². The summed E-state index contributed by atoms with van der Waals surface area (Å²) in [7, 11) is -3.23. The van der Waals surface area contributed by atoms with Gasteiger partial charge in [0, 0.05) is 24.7 Å². The number of hydrogen-bond donors (Lipinski definition) is 1. The Kier molecular flexibility index (Phi) is 6.44. The number of amides is 1. The van der Waals surface area contributed by atoms with E-state index in [1.165, 1.54) is 4.31 Å². The van der Waals surface area contributed by atoms with Crippen LogP contribution in [0.1, 0.15) is 31.7 Å². The Bertz CT molecular complexity index is 631. The molecular formula is C16H23ClN2O3S. The molecule has 1 saturated heterocycles. The molecule has 1 fully saturated rings. The van der Waals surface area contributed by atoms with E-state index in [1.807, 2.05) is 19.1 Å². The first kappa shape index (κ1) is 18.2. The van der Waals surface area contributed by atoms with Crippen molar-refractivity contribution in [3.63, 3.8) is 0 Å². The molecule has 1 heterocycles. The van der Waals surface area contributed by atoms with Crippen LogP contribution in [0.2, 0.25) is 5.02 Å². The van der Waals surface area contributed by atoms with Crippen LogP contribution in [0.5, 0.6) is 0 Å². The van der Waals surface area contributed by atoms with Crippen molar-refractivity contribution in [1.29, 1.82) is 0 Å². The second-order valence-electron chi connectivity index (χ2n) is 5.86. The van der Waals surface area contributed by atoms with Crippen LogP contribution in [-0.2, 0) is 21.4 Å². The number of carbonyl (C=O) groups is 1. The van der Waals surface area contributed by atoms with Crippen molar-refractivity contribution in [2.24, 2.45) is 5.92 Å². The molecule has 1 aromatic rings. The molecular weight excluding hydrogens is 336 g/mol. The van der Waals surface area contributed by atoms with Crippen LogP contribution in [0.15, 0.2) is 24.3 Å². The van der Waals surface area contributed by atoms with Crippen molar-refractivity contribution in [2.75, 3.05) is 18.8 Å². The minimum Gasteiger partial charge on any atom is -0.352 e. The van der Waals surface area contributed by atoms with Crippen molar-refractivity contribution in [2.45, 2.75) is 32.7 Å². The molecule has 7 heteroatoms. The van der Waals surface area contributed by atoms with Gasteiger partial charge < -0.3 is 5.32 Å². The summed E-state index contributed by atoms with van der Waals surface area (Å²) in [5.41, 5.74) is 0.967. The summed E-state index contributed by atoms with van der Waals surface area (Å²) in [6, 6.07) is 7.29. The molecule has 0 aromatic heterocycles. The highest BCUT2D eigenvalue weighted by Gasteiger charge is 2.31. The number of rotatable bonds is 6. The average molecular weight is 359 g/mol.